The Morgan fingerprint density at radius 3 is 2.66 bits per heavy atom. The summed E-state index contributed by atoms with van der Waals surface area (Å²) < 4.78 is 17.6. The molecule has 5 heteroatoms. The van der Waals surface area contributed by atoms with Gasteiger partial charge < -0.3 is 24.4 Å². The van der Waals surface area contributed by atoms with E-state index in [1.165, 1.54) is 16.7 Å². The lowest BCUT2D eigenvalue weighted by atomic mass is 9.89. The van der Waals surface area contributed by atoms with Gasteiger partial charge in [-0.2, -0.15) is 0 Å². The minimum Gasteiger partial charge on any atom is -0.493 e. The fourth-order valence-corrected chi connectivity index (χ4v) is 3.52. The van der Waals surface area contributed by atoms with Gasteiger partial charge in [-0.15, -0.1) is 0 Å². The summed E-state index contributed by atoms with van der Waals surface area (Å²) in [5.74, 6) is 3.02. The van der Waals surface area contributed by atoms with E-state index in [4.69, 9.17) is 14.2 Å². The molecule has 0 bridgehead atoms. The molecule has 29 heavy (non-hydrogen) atoms. The first-order valence-electron chi connectivity index (χ1n) is 10.4. The summed E-state index contributed by atoms with van der Waals surface area (Å²) in [5.41, 5.74) is 3.76. The van der Waals surface area contributed by atoms with Crippen molar-refractivity contribution in [3.8, 4) is 17.2 Å². The van der Waals surface area contributed by atoms with E-state index in [1.807, 2.05) is 20.2 Å². The van der Waals surface area contributed by atoms with Crippen LogP contribution in [0.3, 0.4) is 0 Å². The monoisotopic (exact) mass is 398 g/mol. The molecule has 0 spiro atoms. The molecule has 0 radical (unpaired) electrons. The Morgan fingerprint density at radius 2 is 1.93 bits per heavy atom. The number of hydrogen-bond donors (Lipinski definition) is 1. The third-order valence-electron chi connectivity index (χ3n) is 5.05. The second kappa shape index (κ2) is 9.99. The van der Waals surface area contributed by atoms with Crippen molar-refractivity contribution in [2.75, 3.05) is 47.5 Å². The fraction of sp³-hybridized carbons (Fsp3) is 0.500. The van der Waals surface area contributed by atoms with Crippen LogP contribution in [0.2, 0.25) is 0 Å². The molecule has 0 saturated carbocycles. The third-order valence-corrected chi connectivity index (χ3v) is 5.05. The summed E-state index contributed by atoms with van der Waals surface area (Å²) in [6.07, 6.45) is 0.976. The lowest BCUT2D eigenvalue weighted by molar-refractivity contribution is 0.250. The van der Waals surface area contributed by atoms with E-state index in [-0.39, 0.29) is 6.04 Å². The van der Waals surface area contributed by atoms with E-state index >= 15 is 0 Å². The first-order valence-corrected chi connectivity index (χ1v) is 10.4. The van der Waals surface area contributed by atoms with Crippen LogP contribution < -0.4 is 19.5 Å². The minimum absolute atomic E-state index is 0.114. The van der Waals surface area contributed by atoms with E-state index in [9.17, 15) is 0 Å². The van der Waals surface area contributed by atoms with Crippen LogP contribution in [0.1, 0.15) is 36.6 Å². The summed E-state index contributed by atoms with van der Waals surface area (Å²) in [6, 6.07) is 12.8. The lowest BCUT2D eigenvalue weighted by Gasteiger charge is -2.29. The van der Waals surface area contributed by atoms with E-state index in [1.54, 1.807) is 7.11 Å². The molecule has 2 aromatic carbocycles. The smallest absolute Gasteiger partial charge is 0.161 e. The van der Waals surface area contributed by atoms with Crippen LogP contribution in [0.25, 0.3) is 0 Å². The first kappa shape index (κ1) is 21.5. The van der Waals surface area contributed by atoms with Crippen molar-refractivity contribution in [1.82, 2.24) is 10.2 Å². The van der Waals surface area contributed by atoms with Crippen LogP contribution in [0, 0.1) is 5.92 Å². The van der Waals surface area contributed by atoms with Gasteiger partial charge in [-0.3, -0.25) is 0 Å². The van der Waals surface area contributed by atoms with Crippen LogP contribution >= 0.6 is 0 Å². The zero-order chi connectivity index (χ0) is 20.8. The van der Waals surface area contributed by atoms with Gasteiger partial charge in [-0.1, -0.05) is 26.0 Å². The lowest BCUT2D eigenvalue weighted by Crippen LogP contribution is -2.30. The first-order chi connectivity index (χ1) is 14.0. The zero-order valence-electron chi connectivity index (χ0n) is 18.3. The molecule has 0 saturated heterocycles. The van der Waals surface area contributed by atoms with Gasteiger partial charge in [0, 0.05) is 13.1 Å². The van der Waals surface area contributed by atoms with Gasteiger partial charge in [-0.25, -0.2) is 0 Å². The van der Waals surface area contributed by atoms with E-state index in [2.05, 4.69) is 54.4 Å². The van der Waals surface area contributed by atoms with Crippen LogP contribution in [-0.4, -0.2) is 52.4 Å². The molecule has 5 nitrogen and oxygen atoms in total. The molecular formula is C24H34N2O3. The van der Waals surface area contributed by atoms with Gasteiger partial charge in [0.15, 0.2) is 11.5 Å². The Balaban J connectivity index is 1.87. The summed E-state index contributed by atoms with van der Waals surface area (Å²) >= 11 is 0. The van der Waals surface area contributed by atoms with Gasteiger partial charge in [0.1, 0.15) is 12.4 Å². The average molecular weight is 399 g/mol. The molecular weight excluding hydrogens is 364 g/mol. The summed E-state index contributed by atoms with van der Waals surface area (Å²) in [7, 11) is 5.79. The number of fused-ring (bicyclic) bond motifs is 1. The summed E-state index contributed by atoms with van der Waals surface area (Å²) in [5, 5.41) is 3.66. The van der Waals surface area contributed by atoms with Crippen LogP contribution in [-0.2, 0) is 6.42 Å². The Bertz CT molecular complexity index is 805. The molecule has 1 unspecified atom stereocenters. The Labute approximate surface area is 175 Å². The molecule has 158 valence electrons. The zero-order valence-corrected chi connectivity index (χ0v) is 18.3. The predicted molar refractivity (Wildman–Crippen MR) is 117 cm³/mol. The van der Waals surface area contributed by atoms with Gasteiger partial charge in [0.25, 0.3) is 0 Å². The highest BCUT2D eigenvalue weighted by Gasteiger charge is 2.24. The van der Waals surface area contributed by atoms with Gasteiger partial charge in [0.2, 0.25) is 0 Å². The Kier molecular flexibility index (Phi) is 7.40. The van der Waals surface area contributed by atoms with E-state index in [0.29, 0.717) is 12.5 Å². The number of rotatable bonds is 9. The number of benzene rings is 2. The molecule has 0 aliphatic carbocycles. The molecule has 1 aliphatic rings. The highest BCUT2D eigenvalue weighted by Crippen LogP contribution is 2.38. The minimum atomic E-state index is 0.114. The van der Waals surface area contributed by atoms with Crippen molar-refractivity contribution in [2.24, 2.45) is 5.92 Å². The van der Waals surface area contributed by atoms with Gasteiger partial charge >= 0.3 is 0 Å². The molecule has 1 atom stereocenters. The molecule has 0 fully saturated rings. The largest absolute Gasteiger partial charge is 0.493 e. The molecule has 1 heterocycles. The number of ether oxygens (including phenoxy) is 3. The second-order valence-corrected chi connectivity index (χ2v) is 8.27. The van der Waals surface area contributed by atoms with E-state index < -0.39 is 0 Å². The van der Waals surface area contributed by atoms with Crippen molar-refractivity contribution < 1.29 is 14.2 Å². The molecule has 1 aliphatic heterocycles. The predicted octanol–water partition coefficient (Wildman–Crippen LogP) is 3.91. The highest BCUT2D eigenvalue weighted by molar-refractivity contribution is 5.52. The molecule has 3 rings (SSSR count). The molecule has 0 aromatic heterocycles. The molecule has 2 aromatic rings. The van der Waals surface area contributed by atoms with Crippen molar-refractivity contribution in [3.63, 3.8) is 0 Å². The fourth-order valence-electron chi connectivity index (χ4n) is 3.52. The number of methoxy groups -OCH3 is 1. The van der Waals surface area contributed by atoms with Crippen LogP contribution in [0.4, 0.5) is 0 Å². The van der Waals surface area contributed by atoms with Crippen LogP contribution in [0.15, 0.2) is 36.4 Å². The summed E-state index contributed by atoms with van der Waals surface area (Å²) in [4.78, 5) is 2.11. The van der Waals surface area contributed by atoms with Crippen LogP contribution in [0.5, 0.6) is 17.2 Å². The summed E-state index contributed by atoms with van der Waals surface area (Å²) in [6.45, 7) is 7.45. The second-order valence-electron chi connectivity index (χ2n) is 8.27. The number of likely N-dealkylation sites (N-methyl/N-ethyl adjacent to an activating group) is 1. The third kappa shape index (κ3) is 5.64. The standard InChI is InChI=1S/C24H34N2O3/c1-17(2)16-29-20-8-6-7-19(13-20)24-21-15-23(28-12-11-26(3)4)22(27-5)14-18(21)9-10-25-24/h6-8,13-15,17,24-25H,9-12,16H2,1-5H3. The van der Waals surface area contributed by atoms with Crippen molar-refractivity contribution in [3.05, 3.63) is 53.1 Å². The Hall–Kier alpha value is -2.24. The van der Waals surface area contributed by atoms with Gasteiger partial charge in [0.05, 0.1) is 19.8 Å². The average Bonchev–Trinajstić information content (AvgIpc) is 2.71. The van der Waals surface area contributed by atoms with Crippen molar-refractivity contribution >= 4 is 0 Å². The number of hydrogen-bond acceptors (Lipinski definition) is 5. The normalized spacial score (nSPS) is 16.0. The molecule has 0 amide bonds. The Morgan fingerprint density at radius 1 is 1.10 bits per heavy atom. The molecule has 1 N–H and O–H groups in total. The van der Waals surface area contributed by atoms with Crippen molar-refractivity contribution in [2.45, 2.75) is 26.3 Å². The van der Waals surface area contributed by atoms with Crippen molar-refractivity contribution in [1.29, 1.82) is 0 Å². The quantitative estimate of drug-likeness (QED) is 0.694. The number of nitrogens with one attached hydrogen (secondary N) is 1. The van der Waals surface area contributed by atoms with E-state index in [0.717, 1.165) is 43.4 Å². The topological polar surface area (TPSA) is 43.0 Å². The number of nitrogens with zero attached hydrogens (tertiary/aromatic N) is 1. The maximum Gasteiger partial charge on any atom is 0.161 e. The highest BCUT2D eigenvalue weighted by atomic mass is 16.5. The van der Waals surface area contributed by atoms with Gasteiger partial charge in [-0.05, 0) is 67.4 Å². The SMILES string of the molecule is COc1cc2c(cc1OCCN(C)C)C(c1cccc(OCC(C)C)c1)NCC2. The maximum atomic E-state index is 6.06. The maximum absolute atomic E-state index is 6.06.